The van der Waals surface area contributed by atoms with Gasteiger partial charge in [0, 0.05) is 43.3 Å². The number of nitrogens with zero attached hydrogens (tertiary/aromatic N) is 1. The summed E-state index contributed by atoms with van der Waals surface area (Å²) in [6.07, 6.45) is 3.03. The van der Waals surface area contributed by atoms with Crippen LogP contribution in [-0.4, -0.2) is 45.2 Å². The van der Waals surface area contributed by atoms with Crippen molar-refractivity contribution in [1.82, 2.24) is 10.6 Å². The number of carbonyl (C=O) groups excluding carboxylic acids is 1. The normalized spacial score (nSPS) is 27.1. The Morgan fingerprint density at radius 2 is 2.29 bits per heavy atom. The van der Waals surface area contributed by atoms with Crippen molar-refractivity contribution in [3.63, 3.8) is 0 Å². The number of hydrogen-bond donors (Lipinski definition) is 2. The summed E-state index contributed by atoms with van der Waals surface area (Å²) in [5, 5.41) is 6.59. The third-order valence-corrected chi connectivity index (χ3v) is 5.26. The lowest BCUT2D eigenvalue weighted by Crippen LogP contribution is -2.43. The minimum absolute atomic E-state index is 0.178. The molecule has 2 heterocycles. The summed E-state index contributed by atoms with van der Waals surface area (Å²) >= 11 is 0. The van der Waals surface area contributed by atoms with Crippen molar-refractivity contribution >= 4 is 11.6 Å². The van der Waals surface area contributed by atoms with Gasteiger partial charge < -0.3 is 20.3 Å². The zero-order valence-electron chi connectivity index (χ0n) is 14.8. The van der Waals surface area contributed by atoms with Crippen LogP contribution in [0.4, 0.5) is 5.69 Å². The van der Waals surface area contributed by atoms with Crippen molar-refractivity contribution in [2.75, 3.05) is 38.2 Å². The highest BCUT2D eigenvalue weighted by Gasteiger charge is 2.27. The Hall–Kier alpha value is -1.75. The van der Waals surface area contributed by atoms with Crippen LogP contribution in [0.1, 0.15) is 26.2 Å². The van der Waals surface area contributed by atoms with Gasteiger partial charge in [0.2, 0.25) is 5.91 Å². The number of piperidine rings is 1. The first-order chi connectivity index (χ1) is 11.7. The summed E-state index contributed by atoms with van der Waals surface area (Å²) < 4.78 is 5.31. The number of amides is 1. The highest BCUT2D eigenvalue weighted by Crippen LogP contribution is 2.26. The first kappa shape index (κ1) is 17.1. The SMILES string of the molecule is COc1cccc(N2CCC(CNC(=O)[C@H]3CCN[C@@H](C)C3)C2)c1. The molecule has 0 bridgehead atoms. The monoisotopic (exact) mass is 331 g/mol. The van der Waals surface area contributed by atoms with E-state index in [0.717, 1.165) is 51.2 Å². The van der Waals surface area contributed by atoms with Gasteiger partial charge in [-0.2, -0.15) is 0 Å². The lowest BCUT2D eigenvalue weighted by atomic mass is 9.92. The zero-order chi connectivity index (χ0) is 16.9. The first-order valence-electron chi connectivity index (χ1n) is 9.06. The average molecular weight is 331 g/mol. The molecule has 132 valence electrons. The largest absolute Gasteiger partial charge is 0.497 e. The van der Waals surface area contributed by atoms with Crippen molar-refractivity contribution in [3.05, 3.63) is 24.3 Å². The lowest BCUT2D eigenvalue weighted by molar-refractivity contribution is -0.126. The maximum Gasteiger partial charge on any atom is 0.223 e. The molecular weight excluding hydrogens is 302 g/mol. The number of hydrogen-bond acceptors (Lipinski definition) is 4. The van der Waals surface area contributed by atoms with Crippen LogP contribution in [0.25, 0.3) is 0 Å². The number of rotatable bonds is 5. The van der Waals surface area contributed by atoms with Gasteiger partial charge in [-0.25, -0.2) is 0 Å². The number of methoxy groups -OCH3 is 1. The van der Waals surface area contributed by atoms with E-state index < -0.39 is 0 Å². The van der Waals surface area contributed by atoms with E-state index >= 15 is 0 Å². The highest BCUT2D eigenvalue weighted by atomic mass is 16.5. The minimum Gasteiger partial charge on any atom is -0.497 e. The quantitative estimate of drug-likeness (QED) is 0.867. The molecule has 0 saturated carbocycles. The number of ether oxygens (including phenoxy) is 1. The van der Waals surface area contributed by atoms with Crippen LogP contribution < -0.4 is 20.3 Å². The predicted molar refractivity (Wildman–Crippen MR) is 96.5 cm³/mol. The van der Waals surface area contributed by atoms with Gasteiger partial charge in [-0.3, -0.25) is 4.79 Å². The van der Waals surface area contributed by atoms with Gasteiger partial charge in [0.1, 0.15) is 5.75 Å². The van der Waals surface area contributed by atoms with Crippen LogP contribution in [-0.2, 0) is 4.79 Å². The average Bonchev–Trinajstić information content (AvgIpc) is 3.09. The van der Waals surface area contributed by atoms with E-state index in [1.807, 2.05) is 12.1 Å². The molecule has 0 aliphatic carbocycles. The van der Waals surface area contributed by atoms with E-state index in [0.29, 0.717) is 12.0 Å². The standard InChI is InChI=1S/C19H29N3O2/c1-14-10-16(6-8-20-14)19(23)21-12-15-7-9-22(13-15)17-4-3-5-18(11-17)24-2/h3-5,11,14-16,20H,6-10,12-13H2,1-2H3,(H,21,23)/t14-,15?,16-/m0/s1. The topological polar surface area (TPSA) is 53.6 Å². The van der Waals surface area contributed by atoms with Gasteiger partial charge in [0.25, 0.3) is 0 Å². The van der Waals surface area contributed by atoms with Crippen LogP contribution in [0, 0.1) is 11.8 Å². The summed E-state index contributed by atoms with van der Waals surface area (Å²) in [6.45, 7) is 5.93. The van der Waals surface area contributed by atoms with Crippen LogP contribution >= 0.6 is 0 Å². The maximum atomic E-state index is 12.4. The van der Waals surface area contributed by atoms with E-state index in [9.17, 15) is 4.79 Å². The van der Waals surface area contributed by atoms with Crippen molar-refractivity contribution in [2.24, 2.45) is 11.8 Å². The van der Waals surface area contributed by atoms with Crippen LogP contribution in [0.15, 0.2) is 24.3 Å². The number of benzene rings is 1. The third kappa shape index (κ3) is 4.20. The Bertz CT molecular complexity index is 563. The molecule has 1 amide bonds. The van der Waals surface area contributed by atoms with Crippen molar-refractivity contribution in [3.8, 4) is 5.75 Å². The first-order valence-corrected chi connectivity index (χ1v) is 9.06. The highest BCUT2D eigenvalue weighted by molar-refractivity contribution is 5.78. The predicted octanol–water partition coefficient (Wildman–Crippen LogP) is 2.03. The Labute approximate surface area is 144 Å². The van der Waals surface area contributed by atoms with Crippen LogP contribution in [0.5, 0.6) is 5.75 Å². The van der Waals surface area contributed by atoms with Crippen molar-refractivity contribution in [1.29, 1.82) is 0 Å². The molecule has 2 aliphatic rings. The molecule has 3 rings (SSSR count). The van der Waals surface area contributed by atoms with Crippen LogP contribution in [0.3, 0.4) is 0 Å². The smallest absolute Gasteiger partial charge is 0.223 e. The lowest BCUT2D eigenvalue weighted by Gasteiger charge is -2.27. The fourth-order valence-corrected chi connectivity index (χ4v) is 3.80. The van der Waals surface area contributed by atoms with E-state index in [-0.39, 0.29) is 11.8 Å². The zero-order valence-corrected chi connectivity index (χ0v) is 14.8. The third-order valence-electron chi connectivity index (χ3n) is 5.26. The summed E-state index contributed by atoms with van der Waals surface area (Å²) in [7, 11) is 1.70. The molecular formula is C19H29N3O2. The molecule has 5 heteroatoms. The van der Waals surface area contributed by atoms with Gasteiger partial charge in [-0.15, -0.1) is 0 Å². The summed E-state index contributed by atoms with van der Waals surface area (Å²) in [5.41, 5.74) is 1.20. The van der Waals surface area contributed by atoms with Gasteiger partial charge in [-0.1, -0.05) is 6.07 Å². The van der Waals surface area contributed by atoms with E-state index in [4.69, 9.17) is 4.74 Å². The Morgan fingerprint density at radius 3 is 3.08 bits per heavy atom. The van der Waals surface area contributed by atoms with Gasteiger partial charge in [0.15, 0.2) is 0 Å². The number of anilines is 1. The minimum atomic E-state index is 0.178. The molecule has 2 aliphatic heterocycles. The molecule has 5 nitrogen and oxygen atoms in total. The Balaban J connectivity index is 1.46. The molecule has 0 spiro atoms. The van der Waals surface area contributed by atoms with E-state index in [1.165, 1.54) is 5.69 Å². The van der Waals surface area contributed by atoms with E-state index in [1.54, 1.807) is 7.11 Å². The molecule has 2 saturated heterocycles. The molecule has 1 aromatic rings. The van der Waals surface area contributed by atoms with Crippen molar-refractivity contribution < 1.29 is 9.53 Å². The van der Waals surface area contributed by atoms with E-state index in [2.05, 4.69) is 34.6 Å². The fraction of sp³-hybridized carbons (Fsp3) is 0.632. The van der Waals surface area contributed by atoms with Gasteiger partial charge in [-0.05, 0) is 50.8 Å². The van der Waals surface area contributed by atoms with Gasteiger partial charge >= 0.3 is 0 Å². The molecule has 2 fully saturated rings. The number of nitrogens with one attached hydrogen (secondary N) is 2. The Morgan fingerprint density at radius 1 is 1.42 bits per heavy atom. The second kappa shape index (κ2) is 7.88. The Kier molecular flexibility index (Phi) is 5.61. The fourth-order valence-electron chi connectivity index (χ4n) is 3.80. The van der Waals surface area contributed by atoms with Gasteiger partial charge in [0.05, 0.1) is 7.11 Å². The molecule has 2 N–H and O–H groups in total. The summed E-state index contributed by atoms with van der Waals surface area (Å²) in [6, 6.07) is 8.65. The van der Waals surface area contributed by atoms with Crippen LogP contribution in [0.2, 0.25) is 0 Å². The molecule has 0 radical (unpaired) electrons. The summed E-state index contributed by atoms with van der Waals surface area (Å²) in [4.78, 5) is 14.7. The van der Waals surface area contributed by atoms with Crippen molar-refractivity contribution in [2.45, 2.75) is 32.2 Å². The second-order valence-electron chi connectivity index (χ2n) is 7.12. The molecule has 1 aromatic carbocycles. The maximum absolute atomic E-state index is 12.4. The molecule has 1 unspecified atom stereocenters. The summed E-state index contributed by atoms with van der Waals surface area (Å²) in [5.74, 6) is 1.84. The number of carbonyl (C=O) groups is 1. The second-order valence-corrected chi connectivity index (χ2v) is 7.12. The molecule has 0 aromatic heterocycles. The molecule has 24 heavy (non-hydrogen) atoms. The molecule has 3 atom stereocenters.